The third kappa shape index (κ3) is 5.22. The van der Waals surface area contributed by atoms with Crippen LogP contribution in [-0.2, 0) is 0 Å². The van der Waals surface area contributed by atoms with E-state index >= 15 is 0 Å². The lowest BCUT2D eigenvalue weighted by Gasteiger charge is -2.23. The molecule has 1 aromatic rings. The summed E-state index contributed by atoms with van der Waals surface area (Å²) in [6, 6.07) is 9.82. The molecule has 0 heterocycles. The van der Waals surface area contributed by atoms with Crippen molar-refractivity contribution in [3.8, 4) is 0 Å². The minimum atomic E-state index is -0.0253. The van der Waals surface area contributed by atoms with Crippen LogP contribution >= 0.6 is 12.2 Å². The molecule has 1 rings (SSSR count). The number of hydrogen-bond donors (Lipinski definition) is 3. The molecular weight excluding hydrogens is 206 g/mol. The molecular formula is C11H17N3S. The van der Waals surface area contributed by atoms with Crippen LogP contribution in [0.1, 0.15) is 20.8 Å². The van der Waals surface area contributed by atoms with Crippen LogP contribution in [0, 0.1) is 0 Å². The number of para-hydroxylation sites is 1. The van der Waals surface area contributed by atoms with Gasteiger partial charge >= 0.3 is 0 Å². The molecule has 0 radical (unpaired) electrons. The summed E-state index contributed by atoms with van der Waals surface area (Å²) < 4.78 is 0. The predicted molar refractivity (Wildman–Crippen MR) is 68.7 cm³/mol. The molecule has 0 aliphatic heterocycles. The summed E-state index contributed by atoms with van der Waals surface area (Å²) >= 11 is 5.12. The molecule has 0 bridgehead atoms. The van der Waals surface area contributed by atoms with E-state index in [1.54, 1.807) is 0 Å². The van der Waals surface area contributed by atoms with E-state index in [4.69, 9.17) is 12.2 Å². The number of hydrazine groups is 1. The molecule has 3 nitrogen and oxygen atoms in total. The fourth-order valence-electron chi connectivity index (χ4n) is 1.02. The summed E-state index contributed by atoms with van der Waals surface area (Å²) in [4.78, 5) is 0. The summed E-state index contributed by atoms with van der Waals surface area (Å²) in [7, 11) is 0. The zero-order valence-corrected chi connectivity index (χ0v) is 10.1. The normalized spacial score (nSPS) is 10.6. The maximum atomic E-state index is 5.12. The van der Waals surface area contributed by atoms with Crippen LogP contribution in [0.2, 0.25) is 0 Å². The molecule has 0 unspecified atom stereocenters. The van der Waals surface area contributed by atoms with Gasteiger partial charge in [-0.25, -0.2) is 0 Å². The molecule has 1 aromatic carbocycles. The molecule has 0 spiro atoms. The Balaban J connectivity index is 2.35. The van der Waals surface area contributed by atoms with Crippen LogP contribution < -0.4 is 16.2 Å². The molecule has 0 amide bonds. The molecule has 82 valence electrons. The Morgan fingerprint density at radius 1 is 1.13 bits per heavy atom. The SMILES string of the molecule is CC(C)(C)NC(=S)NNc1ccccc1. The second kappa shape index (κ2) is 4.98. The van der Waals surface area contributed by atoms with Gasteiger partial charge < -0.3 is 5.32 Å². The molecule has 0 aliphatic carbocycles. The predicted octanol–water partition coefficient (Wildman–Crippen LogP) is 2.28. The Morgan fingerprint density at radius 2 is 1.73 bits per heavy atom. The van der Waals surface area contributed by atoms with Crippen molar-refractivity contribution >= 4 is 23.0 Å². The maximum absolute atomic E-state index is 5.12. The molecule has 4 heteroatoms. The fourth-order valence-corrected chi connectivity index (χ4v) is 1.38. The van der Waals surface area contributed by atoms with Gasteiger partial charge in [0, 0.05) is 5.54 Å². The Kier molecular flexibility index (Phi) is 3.91. The van der Waals surface area contributed by atoms with Gasteiger partial charge in [0.1, 0.15) is 0 Å². The first-order valence-corrected chi connectivity index (χ1v) is 5.27. The van der Waals surface area contributed by atoms with E-state index in [1.807, 2.05) is 30.3 Å². The minimum absolute atomic E-state index is 0.0253. The molecule has 0 aromatic heterocycles. The van der Waals surface area contributed by atoms with Crippen molar-refractivity contribution in [1.82, 2.24) is 10.7 Å². The summed E-state index contributed by atoms with van der Waals surface area (Å²) in [5, 5.41) is 3.74. The van der Waals surface area contributed by atoms with E-state index < -0.39 is 0 Å². The number of thiocarbonyl (C=S) groups is 1. The number of benzene rings is 1. The Labute approximate surface area is 96.2 Å². The largest absolute Gasteiger partial charge is 0.357 e. The molecule has 15 heavy (non-hydrogen) atoms. The van der Waals surface area contributed by atoms with Crippen LogP contribution in [-0.4, -0.2) is 10.7 Å². The first-order valence-electron chi connectivity index (χ1n) is 4.86. The minimum Gasteiger partial charge on any atom is -0.357 e. The second-order valence-corrected chi connectivity index (χ2v) is 4.73. The Hall–Kier alpha value is -1.29. The number of anilines is 1. The highest BCUT2D eigenvalue weighted by Crippen LogP contribution is 2.03. The van der Waals surface area contributed by atoms with E-state index in [-0.39, 0.29) is 5.54 Å². The van der Waals surface area contributed by atoms with E-state index in [2.05, 4.69) is 36.9 Å². The van der Waals surface area contributed by atoms with Crippen LogP contribution in [0.3, 0.4) is 0 Å². The third-order valence-electron chi connectivity index (χ3n) is 1.58. The summed E-state index contributed by atoms with van der Waals surface area (Å²) in [5.74, 6) is 0. The van der Waals surface area contributed by atoms with Gasteiger partial charge in [-0.2, -0.15) is 0 Å². The quantitative estimate of drug-likeness (QED) is 0.531. The number of nitrogens with one attached hydrogen (secondary N) is 3. The standard InChI is InChI=1S/C11H17N3S/c1-11(2,3)12-10(15)14-13-9-7-5-4-6-8-9/h4-8,13H,1-3H3,(H2,12,14,15). The maximum Gasteiger partial charge on any atom is 0.185 e. The summed E-state index contributed by atoms with van der Waals surface area (Å²) in [5.41, 5.74) is 6.90. The molecule has 0 aliphatic rings. The Bertz CT molecular complexity index is 316. The van der Waals surface area contributed by atoms with Gasteiger partial charge in [-0.05, 0) is 45.1 Å². The van der Waals surface area contributed by atoms with Crippen molar-refractivity contribution < 1.29 is 0 Å². The van der Waals surface area contributed by atoms with Gasteiger partial charge in [-0.3, -0.25) is 10.9 Å². The van der Waals surface area contributed by atoms with Crippen molar-refractivity contribution in [1.29, 1.82) is 0 Å². The van der Waals surface area contributed by atoms with Gasteiger partial charge in [0.05, 0.1) is 5.69 Å². The van der Waals surface area contributed by atoms with Crippen molar-refractivity contribution in [2.24, 2.45) is 0 Å². The molecule has 0 saturated heterocycles. The fraction of sp³-hybridized carbons (Fsp3) is 0.364. The lowest BCUT2D eigenvalue weighted by Crippen LogP contribution is -2.47. The third-order valence-corrected chi connectivity index (χ3v) is 1.79. The van der Waals surface area contributed by atoms with Crippen molar-refractivity contribution in [2.75, 3.05) is 5.43 Å². The highest BCUT2D eigenvalue weighted by atomic mass is 32.1. The van der Waals surface area contributed by atoms with Crippen molar-refractivity contribution in [3.63, 3.8) is 0 Å². The van der Waals surface area contributed by atoms with Crippen LogP contribution in [0.5, 0.6) is 0 Å². The topological polar surface area (TPSA) is 36.1 Å². The monoisotopic (exact) mass is 223 g/mol. The number of rotatable bonds is 2. The zero-order valence-electron chi connectivity index (χ0n) is 9.29. The molecule has 0 atom stereocenters. The first-order chi connectivity index (χ1) is 6.97. The second-order valence-electron chi connectivity index (χ2n) is 4.32. The molecule has 0 saturated carbocycles. The van der Waals surface area contributed by atoms with Crippen molar-refractivity contribution in [2.45, 2.75) is 26.3 Å². The van der Waals surface area contributed by atoms with Gasteiger partial charge in [0.25, 0.3) is 0 Å². The van der Waals surface area contributed by atoms with Gasteiger partial charge in [0.2, 0.25) is 0 Å². The molecule has 3 N–H and O–H groups in total. The van der Waals surface area contributed by atoms with Gasteiger partial charge in [-0.15, -0.1) is 0 Å². The van der Waals surface area contributed by atoms with Gasteiger partial charge in [-0.1, -0.05) is 18.2 Å². The summed E-state index contributed by atoms with van der Waals surface area (Å²) in [6.45, 7) is 6.18. The lowest BCUT2D eigenvalue weighted by atomic mass is 10.1. The number of hydrogen-bond acceptors (Lipinski definition) is 2. The smallest absolute Gasteiger partial charge is 0.185 e. The molecule has 0 fully saturated rings. The van der Waals surface area contributed by atoms with Crippen LogP contribution in [0.4, 0.5) is 5.69 Å². The van der Waals surface area contributed by atoms with E-state index in [0.717, 1.165) is 5.69 Å². The van der Waals surface area contributed by atoms with Crippen molar-refractivity contribution in [3.05, 3.63) is 30.3 Å². The van der Waals surface area contributed by atoms with E-state index in [1.165, 1.54) is 0 Å². The van der Waals surface area contributed by atoms with Crippen LogP contribution in [0.25, 0.3) is 0 Å². The summed E-state index contributed by atoms with van der Waals surface area (Å²) in [6.07, 6.45) is 0. The van der Waals surface area contributed by atoms with E-state index in [9.17, 15) is 0 Å². The average Bonchev–Trinajstić information content (AvgIpc) is 2.14. The highest BCUT2D eigenvalue weighted by Gasteiger charge is 2.10. The Morgan fingerprint density at radius 3 is 2.27 bits per heavy atom. The van der Waals surface area contributed by atoms with E-state index in [0.29, 0.717) is 5.11 Å². The zero-order chi connectivity index (χ0) is 11.3. The van der Waals surface area contributed by atoms with Crippen LogP contribution in [0.15, 0.2) is 30.3 Å². The average molecular weight is 223 g/mol. The van der Waals surface area contributed by atoms with Gasteiger partial charge in [0.15, 0.2) is 5.11 Å². The first kappa shape index (κ1) is 11.8. The lowest BCUT2D eigenvalue weighted by molar-refractivity contribution is 0.509. The highest BCUT2D eigenvalue weighted by molar-refractivity contribution is 7.80.